The molecular formula is C9H8O5. The van der Waals surface area contributed by atoms with E-state index in [4.69, 9.17) is 15.3 Å². The van der Waals surface area contributed by atoms with E-state index in [-0.39, 0.29) is 16.9 Å². The van der Waals surface area contributed by atoms with Crippen LogP contribution in [0.5, 0.6) is 5.75 Å². The minimum atomic E-state index is -1.75. The summed E-state index contributed by atoms with van der Waals surface area (Å²) in [4.78, 5) is 20.9. The Balaban J connectivity index is 3.20. The molecule has 14 heavy (non-hydrogen) atoms. The van der Waals surface area contributed by atoms with Crippen LogP contribution in [0.3, 0.4) is 0 Å². The number of aliphatic hydroxyl groups is 1. The Bertz CT molecular complexity index is 371. The summed E-state index contributed by atoms with van der Waals surface area (Å²) in [6.45, 7) is 0. The lowest BCUT2D eigenvalue weighted by Gasteiger charge is -2.08. The maximum Gasteiger partial charge on any atom is 0.337 e. The van der Waals surface area contributed by atoms with Gasteiger partial charge < -0.3 is 15.3 Å². The van der Waals surface area contributed by atoms with E-state index in [2.05, 4.69) is 0 Å². The van der Waals surface area contributed by atoms with E-state index >= 15 is 0 Å². The SMILES string of the molecule is O=Cc1cc(O)ccc1C(O)C(=O)O. The maximum absolute atomic E-state index is 10.5. The van der Waals surface area contributed by atoms with Crippen LogP contribution in [0, 0.1) is 0 Å². The van der Waals surface area contributed by atoms with Gasteiger partial charge in [-0.15, -0.1) is 0 Å². The van der Waals surface area contributed by atoms with Gasteiger partial charge in [-0.1, -0.05) is 6.07 Å². The fraction of sp³-hybridized carbons (Fsp3) is 0.111. The normalized spacial score (nSPS) is 12.1. The lowest BCUT2D eigenvalue weighted by atomic mass is 10.0. The van der Waals surface area contributed by atoms with Crippen molar-refractivity contribution >= 4 is 12.3 Å². The van der Waals surface area contributed by atoms with E-state index in [9.17, 15) is 9.59 Å². The molecule has 0 fully saturated rings. The van der Waals surface area contributed by atoms with Crippen LogP contribution in [0.15, 0.2) is 18.2 Å². The summed E-state index contributed by atoms with van der Waals surface area (Å²) in [7, 11) is 0. The number of aromatic hydroxyl groups is 1. The summed E-state index contributed by atoms with van der Waals surface area (Å²) < 4.78 is 0. The van der Waals surface area contributed by atoms with E-state index in [1.807, 2.05) is 0 Å². The Kier molecular flexibility index (Phi) is 2.83. The Labute approximate surface area is 79.2 Å². The summed E-state index contributed by atoms with van der Waals surface area (Å²) in [6.07, 6.45) is -1.38. The van der Waals surface area contributed by atoms with Crippen LogP contribution in [0.1, 0.15) is 22.0 Å². The third-order valence-corrected chi connectivity index (χ3v) is 1.73. The topological polar surface area (TPSA) is 94.8 Å². The van der Waals surface area contributed by atoms with Crippen molar-refractivity contribution in [2.45, 2.75) is 6.10 Å². The Morgan fingerprint density at radius 3 is 2.57 bits per heavy atom. The minimum Gasteiger partial charge on any atom is -0.508 e. The van der Waals surface area contributed by atoms with E-state index in [0.717, 1.165) is 6.07 Å². The number of carbonyl (C=O) groups is 2. The first-order valence-corrected chi connectivity index (χ1v) is 3.75. The van der Waals surface area contributed by atoms with E-state index in [0.29, 0.717) is 6.29 Å². The Morgan fingerprint density at radius 2 is 2.07 bits per heavy atom. The monoisotopic (exact) mass is 196 g/mol. The van der Waals surface area contributed by atoms with E-state index in [1.54, 1.807) is 0 Å². The third-order valence-electron chi connectivity index (χ3n) is 1.73. The molecule has 0 aliphatic rings. The van der Waals surface area contributed by atoms with Gasteiger partial charge in [-0.25, -0.2) is 4.79 Å². The summed E-state index contributed by atoms with van der Waals surface area (Å²) in [5, 5.41) is 26.7. The van der Waals surface area contributed by atoms with Crippen LogP contribution in [0.4, 0.5) is 0 Å². The lowest BCUT2D eigenvalue weighted by molar-refractivity contribution is -0.146. The summed E-state index contributed by atoms with van der Waals surface area (Å²) >= 11 is 0. The van der Waals surface area contributed by atoms with Gasteiger partial charge in [-0.3, -0.25) is 4.79 Å². The maximum atomic E-state index is 10.5. The molecule has 3 N–H and O–H groups in total. The molecule has 1 rings (SSSR count). The average molecular weight is 196 g/mol. The van der Waals surface area contributed by atoms with Crippen LogP contribution < -0.4 is 0 Å². The quantitative estimate of drug-likeness (QED) is 0.605. The minimum absolute atomic E-state index is 0.0368. The molecular weight excluding hydrogens is 188 g/mol. The zero-order valence-electron chi connectivity index (χ0n) is 7.04. The molecule has 0 radical (unpaired) electrons. The van der Waals surface area contributed by atoms with Crippen molar-refractivity contribution in [1.82, 2.24) is 0 Å². The Hall–Kier alpha value is -1.88. The lowest BCUT2D eigenvalue weighted by Crippen LogP contribution is -2.12. The molecule has 1 unspecified atom stereocenters. The molecule has 0 bridgehead atoms. The predicted octanol–water partition coefficient (Wildman–Crippen LogP) is 0.323. The van der Waals surface area contributed by atoms with Gasteiger partial charge >= 0.3 is 5.97 Å². The Morgan fingerprint density at radius 1 is 1.43 bits per heavy atom. The standard InChI is InChI=1S/C9H8O5/c10-4-5-3-6(11)1-2-7(5)8(12)9(13)14/h1-4,8,11-12H,(H,13,14). The van der Waals surface area contributed by atoms with E-state index in [1.165, 1.54) is 12.1 Å². The van der Waals surface area contributed by atoms with Gasteiger partial charge in [-0.05, 0) is 12.1 Å². The fourth-order valence-electron chi connectivity index (χ4n) is 1.05. The van der Waals surface area contributed by atoms with Crippen LogP contribution in [0.25, 0.3) is 0 Å². The largest absolute Gasteiger partial charge is 0.508 e. The number of aliphatic carboxylic acids is 1. The van der Waals surface area contributed by atoms with Gasteiger partial charge in [0.05, 0.1) is 0 Å². The number of carboxylic acids is 1. The molecule has 1 aromatic carbocycles. The van der Waals surface area contributed by atoms with Crippen LogP contribution >= 0.6 is 0 Å². The smallest absolute Gasteiger partial charge is 0.337 e. The molecule has 0 heterocycles. The van der Waals surface area contributed by atoms with Gasteiger partial charge in [0.15, 0.2) is 12.4 Å². The number of phenolic OH excluding ortho intramolecular Hbond substituents is 1. The first kappa shape index (κ1) is 10.2. The number of hydrogen-bond acceptors (Lipinski definition) is 4. The number of aldehydes is 1. The summed E-state index contributed by atoms with van der Waals surface area (Å²) in [6, 6.07) is 3.49. The molecule has 5 heteroatoms. The number of benzene rings is 1. The summed E-state index contributed by atoms with van der Waals surface area (Å²) in [5.74, 6) is -1.60. The van der Waals surface area contributed by atoms with Crippen LogP contribution in [0.2, 0.25) is 0 Å². The number of carboxylic acid groups (broad SMARTS) is 1. The molecule has 0 aliphatic heterocycles. The average Bonchev–Trinajstić information content (AvgIpc) is 2.16. The highest BCUT2D eigenvalue weighted by molar-refractivity contribution is 5.83. The number of phenols is 1. The van der Waals surface area contributed by atoms with Gasteiger partial charge in [0, 0.05) is 11.1 Å². The van der Waals surface area contributed by atoms with Crippen molar-refractivity contribution in [2.24, 2.45) is 0 Å². The van der Waals surface area contributed by atoms with Crippen molar-refractivity contribution < 1.29 is 24.9 Å². The molecule has 0 aliphatic carbocycles. The molecule has 1 aromatic rings. The van der Waals surface area contributed by atoms with Crippen molar-refractivity contribution in [3.8, 4) is 5.75 Å². The molecule has 5 nitrogen and oxygen atoms in total. The fourth-order valence-corrected chi connectivity index (χ4v) is 1.05. The molecule has 0 spiro atoms. The van der Waals surface area contributed by atoms with Crippen molar-refractivity contribution in [3.05, 3.63) is 29.3 Å². The summed E-state index contributed by atoms with van der Waals surface area (Å²) in [5.41, 5.74) is -0.0785. The van der Waals surface area contributed by atoms with Crippen molar-refractivity contribution in [1.29, 1.82) is 0 Å². The first-order chi connectivity index (χ1) is 6.56. The van der Waals surface area contributed by atoms with Crippen LogP contribution in [-0.2, 0) is 4.79 Å². The molecule has 0 saturated carbocycles. The molecule has 0 aromatic heterocycles. The van der Waals surface area contributed by atoms with Crippen LogP contribution in [-0.4, -0.2) is 27.6 Å². The number of carbonyl (C=O) groups excluding carboxylic acids is 1. The molecule has 0 amide bonds. The molecule has 1 atom stereocenters. The second-order valence-corrected chi connectivity index (χ2v) is 2.67. The highest BCUT2D eigenvalue weighted by Crippen LogP contribution is 2.21. The van der Waals surface area contributed by atoms with Gasteiger partial charge in [-0.2, -0.15) is 0 Å². The highest BCUT2D eigenvalue weighted by atomic mass is 16.4. The second kappa shape index (κ2) is 3.89. The zero-order chi connectivity index (χ0) is 10.7. The first-order valence-electron chi connectivity index (χ1n) is 3.75. The third kappa shape index (κ3) is 1.89. The number of aliphatic hydroxyl groups excluding tert-OH is 1. The number of hydrogen-bond donors (Lipinski definition) is 3. The number of rotatable bonds is 3. The molecule has 0 saturated heterocycles. The second-order valence-electron chi connectivity index (χ2n) is 2.67. The van der Waals surface area contributed by atoms with E-state index < -0.39 is 12.1 Å². The van der Waals surface area contributed by atoms with Gasteiger partial charge in [0.25, 0.3) is 0 Å². The van der Waals surface area contributed by atoms with Crippen molar-refractivity contribution in [3.63, 3.8) is 0 Å². The predicted molar refractivity (Wildman–Crippen MR) is 46.1 cm³/mol. The zero-order valence-corrected chi connectivity index (χ0v) is 7.04. The molecule has 74 valence electrons. The van der Waals surface area contributed by atoms with Gasteiger partial charge in [0.2, 0.25) is 0 Å². The van der Waals surface area contributed by atoms with Crippen molar-refractivity contribution in [2.75, 3.05) is 0 Å². The highest BCUT2D eigenvalue weighted by Gasteiger charge is 2.19. The van der Waals surface area contributed by atoms with Gasteiger partial charge in [0.1, 0.15) is 5.75 Å².